The molecule has 9 nitrogen and oxygen atoms in total. The fraction of sp³-hybridized carbons (Fsp3) is 0.300. The molecule has 0 aliphatic carbocycles. The number of aliphatic hydroxyl groups excluding tert-OH is 1. The number of carbonyl (C=O) groups is 1. The van der Waals surface area contributed by atoms with Crippen LogP contribution in [0.3, 0.4) is 0 Å². The van der Waals surface area contributed by atoms with Crippen LogP contribution in [0.4, 0.5) is 19.0 Å². The lowest BCUT2D eigenvalue weighted by Crippen LogP contribution is -2.55. The number of nitrogens with zero attached hydrogens (tertiary/aromatic N) is 4. The molecule has 3 aromatic rings. The summed E-state index contributed by atoms with van der Waals surface area (Å²) < 4.78 is 43.5. The first-order valence-electron chi connectivity index (χ1n) is 13.4. The zero-order valence-corrected chi connectivity index (χ0v) is 22.3. The van der Waals surface area contributed by atoms with Crippen molar-refractivity contribution in [3.8, 4) is 6.07 Å². The molecule has 1 aromatic heterocycles. The van der Waals surface area contributed by atoms with Crippen molar-refractivity contribution < 1.29 is 23.1 Å². The fourth-order valence-electron chi connectivity index (χ4n) is 5.44. The van der Waals surface area contributed by atoms with E-state index in [2.05, 4.69) is 20.6 Å². The first-order valence-corrected chi connectivity index (χ1v) is 13.4. The van der Waals surface area contributed by atoms with Crippen molar-refractivity contribution in [2.75, 3.05) is 18.0 Å². The van der Waals surface area contributed by atoms with Gasteiger partial charge in [-0.2, -0.15) is 18.4 Å². The number of aromatic nitrogens is 2. The van der Waals surface area contributed by atoms with Crippen LogP contribution in [0.25, 0.3) is 0 Å². The van der Waals surface area contributed by atoms with Crippen LogP contribution < -0.4 is 15.5 Å². The average Bonchev–Trinajstić information content (AvgIpc) is 3.01. The van der Waals surface area contributed by atoms with Gasteiger partial charge in [-0.1, -0.05) is 60.7 Å². The van der Waals surface area contributed by atoms with Crippen LogP contribution in [0.1, 0.15) is 35.7 Å². The van der Waals surface area contributed by atoms with Crippen LogP contribution in [-0.4, -0.2) is 52.1 Å². The molecule has 2 aliphatic heterocycles. The molecule has 0 unspecified atom stereocenters. The molecule has 0 spiro atoms. The number of anilines is 1. The van der Waals surface area contributed by atoms with E-state index in [4.69, 9.17) is 10.7 Å². The number of aliphatic hydroxyl groups is 1. The van der Waals surface area contributed by atoms with Crippen molar-refractivity contribution in [3.63, 3.8) is 0 Å². The van der Waals surface area contributed by atoms with Gasteiger partial charge in [0.1, 0.15) is 29.7 Å². The predicted octanol–water partition coefficient (Wildman–Crippen LogP) is 3.84. The summed E-state index contributed by atoms with van der Waals surface area (Å²) in [6.45, 7) is 0.790. The summed E-state index contributed by atoms with van der Waals surface area (Å²) in [7, 11) is 0. The van der Waals surface area contributed by atoms with E-state index in [-0.39, 0.29) is 17.2 Å². The summed E-state index contributed by atoms with van der Waals surface area (Å²) in [5, 5.41) is 34.0. The van der Waals surface area contributed by atoms with Crippen LogP contribution in [-0.2, 0) is 4.79 Å². The van der Waals surface area contributed by atoms with Gasteiger partial charge in [0.25, 0.3) is 5.91 Å². The Kier molecular flexibility index (Phi) is 8.22. The third-order valence-electron chi connectivity index (χ3n) is 7.59. The van der Waals surface area contributed by atoms with E-state index in [1.165, 1.54) is 12.4 Å². The second-order valence-electron chi connectivity index (χ2n) is 10.2. The second-order valence-corrected chi connectivity index (χ2v) is 10.2. The first kappa shape index (κ1) is 28.8. The van der Waals surface area contributed by atoms with Crippen molar-refractivity contribution in [1.82, 2.24) is 20.6 Å². The van der Waals surface area contributed by atoms with Crippen LogP contribution in [0.5, 0.6) is 0 Å². The number of hydrogen-bond donors (Lipinski definition) is 4. The average molecular weight is 576 g/mol. The molecule has 42 heavy (non-hydrogen) atoms. The molecular weight excluding hydrogens is 547 g/mol. The third-order valence-corrected chi connectivity index (χ3v) is 7.59. The van der Waals surface area contributed by atoms with E-state index in [1.54, 1.807) is 24.3 Å². The van der Waals surface area contributed by atoms with E-state index in [0.29, 0.717) is 31.7 Å². The number of nitrogens with one attached hydrogen (secondary N) is 3. The van der Waals surface area contributed by atoms with Gasteiger partial charge in [0, 0.05) is 30.3 Å². The predicted molar refractivity (Wildman–Crippen MR) is 148 cm³/mol. The molecule has 216 valence electrons. The number of alkyl halides is 3. The zero-order chi connectivity index (χ0) is 29.9. The van der Waals surface area contributed by atoms with E-state index >= 15 is 0 Å². The molecule has 2 aliphatic rings. The summed E-state index contributed by atoms with van der Waals surface area (Å²) in [4.78, 5) is 22.8. The molecule has 1 fully saturated rings. The van der Waals surface area contributed by atoms with E-state index in [1.807, 2.05) is 47.4 Å². The summed E-state index contributed by atoms with van der Waals surface area (Å²) in [5.74, 6) is -4.04. The second kappa shape index (κ2) is 12.0. The van der Waals surface area contributed by atoms with Crippen molar-refractivity contribution in [3.05, 3.63) is 101 Å². The standard InChI is InChI=1S/C30H28F3N7O2/c31-30(32,33)24-23(25(35)18-11-13-40(14-12-18)22-17-36-21(15-34)16-37-22)28(39-29(42)27(24)41)38-26(19-7-3-1-4-8-19)20-9-5-2-6-10-20/h1-10,16-18,24,26-27,35,38,41H,11-14H2,(H,39,42)/t24-,27-/m1/s1. The van der Waals surface area contributed by atoms with Crippen LogP contribution in [0.2, 0.25) is 0 Å². The molecule has 2 aromatic carbocycles. The van der Waals surface area contributed by atoms with Crippen molar-refractivity contribution in [1.29, 1.82) is 10.7 Å². The van der Waals surface area contributed by atoms with E-state index < -0.39 is 41.6 Å². The van der Waals surface area contributed by atoms with Gasteiger partial charge in [-0.25, -0.2) is 9.97 Å². The highest BCUT2D eigenvalue weighted by molar-refractivity contribution is 6.03. The third kappa shape index (κ3) is 5.96. The molecule has 0 saturated carbocycles. The molecular formula is C30H28F3N7O2. The van der Waals surface area contributed by atoms with Gasteiger partial charge in [-0.3, -0.25) is 4.79 Å². The van der Waals surface area contributed by atoms with Gasteiger partial charge in [0.15, 0.2) is 5.69 Å². The number of rotatable bonds is 7. The molecule has 0 bridgehead atoms. The minimum absolute atomic E-state index is 0.169. The van der Waals surface area contributed by atoms with Gasteiger partial charge in [-0.05, 0) is 24.0 Å². The lowest BCUT2D eigenvalue weighted by Gasteiger charge is -2.39. The monoisotopic (exact) mass is 575 g/mol. The quantitative estimate of drug-likeness (QED) is 0.314. The lowest BCUT2D eigenvalue weighted by atomic mass is 9.78. The Labute approximate surface area is 240 Å². The van der Waals surface area contributed by atoms with Crippen LogP contribution >= 0.6 is 0 Å². The van der Waals surface area contributed by atoms with Gasteiger partial charge in [-0.15, -0.1) is 0 Å². The number of nitriles is 1. The Bertz CT molecular complexity index is 1460. The van der Waals surface area contributed by atoms with E-state index in [9.17, 15) is 23.1 Å². The highest BCUT2D eigenvalue weighted by atomic mass is 19.4. The smallest absolute Gasteiger partial charge is 0.382 e. The Morgan fingerprint density at radius 2 is 1.64 bits per heavy atom. The van der Waals surface area contributed by atoms with Gasteiger partial charge in [0.2, 0.25) is 0 Å². The summed E-state index contributed by atoms with van der Waals surface area (Å²) in [6, 6.07) is 19.4. The highest BCUT2D eigenvalue weighted by Gasteiger charge is 2.54. The molecule has 1 saturated heterocycles. The Morgan fingerprint density at radius 1 is 1.05 bits per heavy atom. The fourth-order valence-corrected chi connectivity index (χ4v) is 5.44. The Morgan fingerprint density at radius 3 is 2.14 bits per heavy atom. The maximum absolute atomic E-state index is 14.5. The minimum Gasteiger partial charge on any atom is -0.382 e. The van der Waals surface area contributed by atoms with Gasteiger partial charge < -0.3 is 26.0 Å². The number of piperidine rings is 1. The SMILES string of the molecule is N#Cc1cnc(N2CCC(C(=N)C3=C(NC(c4ccccc4)c4ccccc4)NC(=O)[C@H](O)[C@@H]3C(F)(F)F)CC2)cn1. The summed E-state index contributed by atoms with van der Waals surface area (Å²) >= 11 is 0. The number of amides is 1. The zero-order valence-electron chi connectivity index (χ0n) is 22.3. The minimum atomic E-state index is -4.99. The summed E-state index contributed by atoms with van der Waals surface area (Å²) in [5.41, 5.74) is 0.890. The van der Waals surface area contributed by atoms with E-state index in [0.717, 1.165) is 11.1 Å². The van der Waals surface area contributed by atoms with Crippen molar-refractivity contribution >= 4 is 17.4 Å². The van der Waals surface area contributed by atoms with Crippen LogP contribution in [0.15, 0.2) is 84.5 Å². The molecule has 2 atom stereocenters. The Hall–Kier alpha value is -4.76. The van der Waals surface area contributed by atoms with Crippen molar-refractivity contribution in [2.24, 2.45) is 11.8 Å². The van der Waals surface area contributed by atoms with Crippen molar-refractivity contribution in [2.45, 2.75) is 31.2 Å². The summed E-state index contributed by atoms with van der Waals surface area (Å²) in [6.07, 6.45) is -3.89. The van der Waals surface area contributed by atoms with Crippen LogP contribution in [0, 0.1) is 28.6 Å². The highest BCUT2D eigenvalue weighted by Crippen LogP contribution is 2.41. The van der Waals surface area contributed by atoms with Gasteiger partial charge >= 0.3 is 6.18 Å². The first-order chi connectivity index (χ1) is 20.2. The topological polar surface area (TPSA) is 138 Å². The lowest BCUT2D eigenvalue weighted by molar-refractivity contribution is -0.192. The molecule has 3 heterocycles. The Balaban J connectivity index is 1.49. The maximum Gasteiger partial charge on any atom is 0.398 e. The largest absolute Gasteiger partial charge is 0.398 e. The number of hydrogen-bond acceptors (Lipinski definition) is 8. The number of halogens is 3. The molecule has 1 amide bonds. The molecule has 12 heteroatoms. The number of carbonyl (C=O) groups excluding carboxylic acids is 1. The van der Waals surface area contributed by atoms with Gasteiger partial charge in [0.05, 0.1) is 18.4 Å². The molecule has 0 radical (unpaired) electrons. The number of benzene rings is 2. The maximum atomic E-state index is 14.5. The molecule has 5 rings (SSSR count). The normalized spacial score (nSPS) is 19.8. The molecule has 4 N–H and O–H groups in total.